The monoisotopic (exact) mass is 239 g/mol. The summed E-state index contributed by atoms with van der Waals surface area (Å²) in [4.78, 5) is 2.05. The minimum absolute atomic E-state index is 0.113. The van der Waals surface area contributed by atoms with Crippen LogP contribution in [0, 0.1) is 0 Å². The quantitative estimate of drug-likeness (QED) is 0.750. The van der Waals surface area contributed by atoms with Crippen LogP contribution in [0.2, 0.25) is 0 Å². The summed E-state index contributed by atoms with van der Waals surface area (Å²) >= 11 is 0. The topological polar surface area (TPSA) is 52.9 Å². The Hall–Kier alpha value is -1.10. The zero-order chi connectivity index (χ0) is 12.7. The molecule has 0 saturated heterocycles. The van der Waals surface area contributed by atoms with E-state index >= 15 is 0 Å². The molecular weight excluding hydrogens is 218 g/mol. The molecule has 0 unspecified atom stereocenters. The van der Waals surface area contributed by atoms with E-state index in [0.717, 1.165) is 17.8 Å². The Labute approximate surface area is 102 Å². The van der Waals surface area contributed by atoms with Gasteiger partial charge in [-0.2, -0.15) is 0 Å². The largest absolute Gasteiger partial charge is 0.395 e. The number of ether oxygens (including phenoxy) is 1. The number of rotatable bonds is 7. The Kier molecular flexibility index (Phi) is 5.97. The zero-order valence-electron chi connectivity index (χ0n) is 10.5. The van der Waals surface area contributed by atoms with Crippen LogP contribution < -0.4 is 4.90 Å². The summed E-state index contributed by atoms with van der Waals surface area (Å²) < 4.78 is 5.04. The summed E-state index contributed by atoms with van der Waals surface area (Å²) in [6.07, 6.45) is -0.450. The van der Waals surface area contributed by atoms with E-state index in [4.69, 9.17) is 9.84 Å². The molecule has 0 aliphatic heterocycles. The first-order valence-electron chi connectivity index (χ1n) is 5.81. The van der Waals surface area contributed by atoms with Gasteiger partial charge >= 0.3 is 0 Å². The number of aliphatic hydroxyl groups is 2. The fraction of sp³-hybridized carbons (Fsp3) is 0.538. The Morgan fingerprint density at radius 3 is 2.35 bits per heavy atom. The number of methoxy groups -OCH3 is 1. The Balaban J connectivity index is 2.72. The first kappa shape index (κ1) is 14.0. The number of nitrogens with zero attached hydrogens (tertiary/aromatic N) is 1. The van der Waals surface area contributed by atoms with E-state index in [1.54, 1.807) is 14.0 Å². The number of anilines is 1. The van der Waals surface area contributed by atoms with Crippen LogP contribution in [-0.4, -0.2) is 43.6 Å². The molecule has 1 aromatic rings. The highest BCUT2D eigenvalue weighted by Crippen LogP contribution is 2.18. The van der Waals surface area contributed by atoms with E-state index < -0.39 is 6.10 Å². The molecule has 4 heteroatoms. The van der Waals surface area contributed by atoms with Crippen LogP contribution >= 0.6 is 0 Å². The molecule has 17 heavy (non-hydrogen) atoms. The minimum Gasteiger partial charge on any atom is -0.395 e. The van der Waals surface area contributed by atoms with Crippen LogP contribution in [0.1, 0.15) is 18.6 Å². The van der Waals surface area contributed by atoms with Gasteiger partial charge in [0.05, 0.1) is 19.3 Å². The van der Waals surface area contributed by atoms with Gasteiger partial charge in [0.1, 0.15) is 0 Å². The van der Waals surface area contributed by atoms with Crippen LogP contribution in [0.4, 0.5) is 5.69 Å². The zero-order valence-corrected chi connectivity index (χ0v) is 10.5. The van der Waals surface area contributed by atoms with Gasteiger partial charge in [-0.25, -0.2) is 0 Å². The lowest BCUT2D eigenvalue weighted by Crippen LogP contribution is -2.30. The molecule has 1 rings (SSSR count). The SMILES string of the molecule is COCCN(CCO)c1ccc([C@@H](C)O)cc1. The van der Waals surface area contributed by atoms with Gasteiger partial charge in [0, 0.05) is 25.9 Å². The maximum Gasteiger partial charge on any atom is 0.0761 e. The molecule has 96 valence electrons. The summed E-state index contributed by atoms with van der Waals surface area (Å²) in [6, 6.07) is 7.70. The average Bonchev–Trinajstić information content (AvgIpc) is 2.34. The van der Waals surface area contributed by atoms with Crippen molar-refractivity contribution in [3.8, 4) is 0 Å². The highest BCUT2D eigenvalue weighted by atomic mass is 16.5. The molecule has 0 aliphatic rings. The predicted molar refractivity (Wildman–Crippen MR) is 68.3 cm³/mol. The molecule has 2 N–H and O–H groups in total. The Bertz CT molecular complexity index is 311. The van der Waals surface area contributed by atoms with Crippen molar-refractivity contribution in [2.45, 2.75) is 13.0 Å². The molecule has 0 spiro atoms. The van der Waals surface area contributed by atoms with Gasteiger partial charge in [0.25, 0.3) is 0 Å². The lowest BCUT2D eigenvalue weighted by Gasteiger charge is -2.24. The van der Waals surface area contributed by atoms with Crippen molar-refractivity contribution in [3.63, 3.8) is 0 Å². The number of benzene rings is 1. The number of aliphatic hydroxyl groups excluding tert-OH is 2. The van der Waals surface area contributed by atoms with Crippen LogP contribution in [0.5, 0.6) is 0 Å². The molecule has 4 nitrogen and oxygen atoms in total. The van der Waals surface area contributed by atoms with Crippen molar-refractivity contribution in [1.29, 1.82) is 0 Å². The summed E-state index contributed by atoms with van der Waals surface area (Å²) in [7, 11) is 1.66. The third kappa shape index (κ3) is 4.34. The maximum absolute atomic E-state index is 9.42. The fourth-order valence-corrected chi connectivity index (χ4v) is 1.66. The molecule has 0 saturated carbocycles. The molecule has 0 amide bonds. The van der Waals surface area contributed by atoms with Gasteiger partial charge in [-0.05, 0) is 24.6 Å². The van der Waals surface area contributed by atoms with Crippen molar-refractivity contribution in [2.75, 3.05) is 38.3 Å². The second kappa shape index (κ2) is 7.27. The molecule has 0 fully saturated rings. The normalized spacial score (nSPS) is 12.5. The van der Waals surface area contributed by atoms with Crippen molar-refractivity contribution in [3.05, 3.63) is 29.8 Å². The van der Waals surface area contributed by atoms with Crippen LogP contribution in [0.25, 0.3) is 0 Å². The molecule has 0 heterocycles. The van der Waals surface area contributed by atoms with Gasteiger partial charge in [-0.15, -0.1) is 0 Å². The smallest absolute Gasteiger partial charge is 0.0761 e. The maximum atomic E-state index is 9.42. The van der Waals surface area contributed by atoms with Gasteiger partial charge < -0.3 is 19.8 Å². The van der Waals surface area contributed by atoms with Crippen molar-refractivity contribution < 1.29 is 14.9 Å². The molecule has 1 aromatic carbocycles. The molecule has 0 radical (unpaired) electrons. The third-order valence-corrected chi connectivity index (χ3v) is 2.68. The van der Waals surface area contributed by atoms with Gasteiger partial charge in [0.15, 0.2) is 0 Å². The molecule has 0 aromatic heterocycles. The van der Waals surface area contributed by atoms with E-state index in [-0.39, 0.29) is 6.61 Å². The lowest BCUT2D eigenvalue weighted by molar-refractivity contribution is 0.199. The highest BCUT2D eigenvalue weighted by molar-refractivity contribution is 5.47. The summed E-state index contributed by atoms with van der Waals surface area (Å²) in [5.41, 5.74) is 1.92. The van der Waals surface area contributed by atoms with Crippen molar-refractivity contribution in [2.24, 2.45) is 0 Å². The van der Waals surface area contributed by atoms with E-state index in [2.05, 4.69) is 4.90 Å². The van der Waals surface area contributed by atoms with Gasteiger partial charge in [0.2, 0.25) is 0 Å². The highest BCUT2D eigenvalue weighted by Gasteiger charge is 2.06. The first-order chi connectivity index (χ1) is 8.19. The van der Waals surface area contributed by atoms with Crippen LogP contribution in [0.15, 0.2) is 24.3 Å². The summed E-state index contributed by atoms with van der Waals surface area (Å²) in [5, 5.41) is 18.4. The summed E-state index contributed by atoms with van der Waals surface area (Å²) in [6.45, 7) is 3.80. The Morgan fingerprint density at radius 2 is 1.88 bits per heavy atom. The summed E-state index contributed by atoms with van der Waals surface area (Å²) in [5.74, 6) is 0. The van der Waals surface area contributed by atoms with Crippen molar-refractivity contribution >= 4 is 5.69 Å². The molecule has 0 aliphatic carbocycles. The molecular formula is C13H21NO3. The number of hydrogen-bond acceptors (Lipinski definition) is 4. The van der Waals surface area contributed by atoms with Gasteiger partial charge in [-0.3, -0.25) is 0 Å². The third-order valence-electron chi connectivity index (χ3n) is 2.68. The minimum atomic E-state index is -0.450. The average molecular weight is 239 g/mol. The fourth-order valence-electron chi connectivity index (χ4n) is 1.66. The second-order valence-electron chi connectivity index (χ2n) is 3.97. The van der Waals surface area contributed by atoms with E-state index in [9.17, 15) is 5.11 Å². The standard InChI is InChI=1S/C13H21NO3/c1-11(16)12-3-5-13(6-4-12)14(7-9-15)8-10-17-2/h3-6,11,15-16H,7-10H2,1-2H3/t11-/m1/s1. The van der Waals surface area contributed by atoms with E-state index in [1.807, 2.05) is 24.3 Å². The predicted octanol–water partition coefficient (Wildman–Crippen LogP) is 1.19. The Morgan fingerprint density at radius 1 is 1.24 bits per heavy atom. The van der Waals surface area contributed by atoms with Crippen LogP contribution in [0.3, 0.4) is 0 Å². The number of hydrogen-bond donors (Lipinski definition) is 2. The molecule has 0 bridgehead atoms. The van der Waals surface area contributed by atoms with E-state index in [0.29, 0.717) is 13.2 Å². The van der Waals surface area contributed by atoms with Gasteiger partial charge in [-0.1, -0.05) is 12.1 Å². The molecule has 1 atom stereocenters. The first-order valence-corrected chi connectivity index (χ1v) is 5.81. The van der Waals surface area contributed by atoms with E-state index in [1.165, 1.54) is 0 Å². The lowest BCUT2D eigenvalue weighted by atomic mass is 10.1. The van der Waals surface area contributed by atoms with Crippen LogP contribution in [-0.2, 0) is 4.74 Å². The second-order valence-corrected chi connectivity index (χ2v) is 3.97. The van der Waals surface area contributed by atoms with Crippen molar-refractivity contribution in [1.82, 2.24) is 0 Å².